The van der Waals surface area contributed by atoms with Gasteiger partial charge in [-0.15, -0.1) is 0 Å². The SMILES string of the molecule is CC1CCCN(C(C(=O)O)C2CC2)C1. The third-order valence-electron chi connectivity index (χ3n) is 3.40. The molecule has 0 amide bonds. The van der Waals surface area contributed by atoms with Gasteiger partial charge in [0, 0.05) is 6.54 Å². The number of carbonyl (C=O) groups is 1. The molecule has 2 unspecified atom stereocenters. The fourth-order valence-corrected chi connectivity index (χ4v) is 2.55. The highest BCUT2D eigenvalue weighted by Gasteiger charge is 2.41. The Balaban J connectivity index is 1.98. The maximum absolute atomic E-state index is 11.1. The average Bonchev–Trinajstić information content (AvgIpc) is 2.88. The molecule has 2 aliphatic rings. The van der Waals surface area contributed by atoms with Gasteiger partial charge in [0.15, 0.2) is 0 Å². The summed E-state index contributed by atoms with van der Waals surface area (Å²) >= 11 is 0. The number of hydrogen-bond donors (Lipinski definition) is 1. The van der Waals surface area contributed by atoms with E-state index in [1.54, 1.807) is 0 Å². The molecule has 0 aromatic carbocycles. The lowest BCUT2D eigenvalue weighted by Crippen LogP contribution is -2.47. The van der Waals surface area contributed by atoms with Crippen LogP contribution in [-0.2, 0) is 4.79 Å². The van der Waals surface area contributed by atoms with Gasteiger partial charge in [0.1, 0.15) is 6.04 Å². The molecule has 1 aliphatic heterocycles. The summed E-state index contributed by atoms with van der Waals surface area (Å²) in [7, 11) is 0. The summed E-state index contributed by atoms with van der Waals surface area (Å²) in [5, 5.41) is 9.18. The first-order valence-electron chi connectivity index (χ1n) is 5.65. The molecular formula is C11H19NO2. The van der Waals surface area contributed by atoms with Crippen molar-refractivity contribution in [3.8, 4) is 0 Å². The average molecular weight is 197 g/mol. The summed E-state index contributed by atoms with van der Waals surface area (Å²) in [6.45, 7) is 4.18. The number of rotatable bonds is 3. The van der Waals surface area contributed by atoms with Crippen LogP contribution in [0.25, 0.3) is 0 Å². The molecule has 2 fully saturated rings. The smallest absolute Gasteiger partial charge is 0.321 e. The molecule has 0 aromatic heterocycles. The van der Waals surface area contributed by atoms with E-state index in [9.17, 15) is 9.90 Å². The van der Waals surface area contributed by atoms with Crippen molar-refractivity contribution in [2.75, 3.05) is 13.1 Å². The fourth-order valence-electron chi connectivity index (χ4n) is 2.55. The molecule has 1 aliphatic carbocycles. The second kappa shape index (κ2) is 3.89. The van der Waals surface area contributed by atoms with E-state index in [1.807, 2.05) is 0 Å². The molecule has 1 N–H and O–H groups in total. The number of aliphatic carboxylic acids is 1. The van der Waals surface area contributed by atoms with Crippen molar-refractivity contribution in [1.29, 1.82) is 0 Å². The van der Waals surface area contributed by atoms with Crippen molar-refractivity contribution < 1.29 is 9.90 Å². The number of carboxylic acids is 1. The van der Waals surface area contributed by atoms with Gasteiger partial charge >= 0.3 is 5.97 Å². The minimum Gasteiger partial charge on any atom is -0.480 e. The van der Waals surface area contributed by atoms with E-state index in [2.05, 4.69) is 11.8 Å². The zero-order chi connectivity index (χ0) is 10.1. The van der Waals surface area contributed by atoms with Crippen LogP contribution >= 0.6 is 0 Å². The van der Waals surface area contributed by atoms with Gasteiger partial charge in [0.05, 0.1) is 0 Å². The van der Waals surface area contributed by atoms with Crippen LogP contribution in [0.2, 0.25) is 0 Å². The summed E-state index contributed by atoms with van der Waals surface area (Å²) in [4.78, 5) is 13.3. The van der Waals surface area contributed by atoms with E-state index in [0.717, 1.165) is 32.4 Å². The Labute approximate surface area is 85.1 Å². The van der Waals surface area contributed by atoms with Crippen molar-refractivity contribution in [2.24, 2.45) is 11.8 Å². The highest BCUT2D eigenvalue weighted by Crippen LogP contribution is 2.36. The van der Waals surface area contributed by atoms with Crippen molar-refractivity contribution in [2.45, 2.75) is 38.6 Å². The van der Waals surface area contributed by atoms with Crippen molar-refractivity contribution in [1.82, 2.24) is 4.90 Å². The van der Waals surface area contributed by atoms with Gasteiger partial charge in [-0.1, -0.05) is 6.92 Å². The van der Waals surface area contributed by atoms with Crippen LogP contribution in [0.3, 0.4) is 0 Å². The number of hydrogen-bond acceptors (Lipinski definition) is 2. The first-order chi connectivity index (χ1) is 6.68. The van der Waals surface area contributed by atoms with Gasteiger partial charge in [0.25, 0.3) is 0 Å². The van der Waals surface area contributed by atoms with Gasteiger partial charge in [-0.3, -0.25) is 9.69 Å². The molecule has 80 valence electrons. The summed E-state index contributed by atoms with van der Waals surface area (Å²) < 4.78 is 0. The van der Waals surface area contributed by atoms with Crippen LogP contribution in [0.5, 0.6) is 0 Å². The Morgan fingerprint density at radius 2 is 2.14 bits per heavy atom. The molecule has 1 heterocycles. The number of piperidine rings is 1. The van der Waals surface area contributed by atoms with E-state index in [4.69, 9.17) is 0 Å². The van der Waals surface area contributed by atoms with Gasteiger partial charge in [-0.25, -0.2) is 0 Å². The Morgan fingerprint density at radius 1 is 1.43 bits per heavy atom. The molecule has 0 spiro atoms. The zero-order valence-corrected chi connectivity index (χ0v) is 8.78. The summed E-state index contributed by atoms with van der Waals surface area (Å²) in [5.41, 5.74) is 0. The topological polar surface area (TPSA) is 40.5 Å². The standard InChI is InChI=1S/C11H19NO2/c1-8-3-2-6-12(7-8)10(11(13)14)9-4-5-9/h8-10H,2-7H2,1H3,(H,13,14). The predicted molar refractivity (Wildman–Crippen MR) is 54.1 cm³/mol. The minimum absolute atomic E-state index is 0.183. The molecule has 0 radical (unpaired) electrons. The van der Waals surface area contributed by atoms with Crippen LogP contribution in [0.15, 0.2) is 0 Å². The number of carboxylic acid groups (broad SMARTS) is 1. The van der Waals surface area contributed by atoms with Crippen LogP contribution in [0.1, 0.15) is 32.6 Å². The molecule has 1 saturated carbocycles. The second-order valence-electron chi connectivity index (χ2n) is 4.86. The third-order valence-corrected chi connectivity index (χ3v) is 3.40. The number of likely N-dealkylation sites (tertiary alicyclic amines) is 1. The zero-order valence-electron chi connectivity index (χ0n) is 8.78. The Bertz CT molecular complexity index is 225. The van der Waals surface area contributed by atoms with Gasteiger partial charge < -0.3 is 5.11 Å². The fraction of sp³-hybridized carbons (Fsp3) is 0.909. The normalized spacial score (nSPS) is 31.4. The predicted octanol–water partition coefficient (Wildman–Crippen LogP) is 1.58. The van der Waals surface area contributed by atoms with E-state index in [1.165, 1.54) is 6.42 Å². The van der Waals surface area contributed by atoms with E-state index in [0.29, 0.717) is 11.8 Å². The Hall–Kier alpha value is -0.570. The molecule has 1 saturated heterocycles. The molecular weight excluding hydrogens is 178 g/mol. The monoisotopic (exact) mass is 197 g/mol. The first kappa shape index (κ1) is 9.97. The van der Waals surface area contributed by atoms with Crippen molar-refractivity contribution >= 4 is 5.97 Å². The van der Waals surface area contributed by atoms with Crippen LogP contribution in [-0.4, -0.2) is 35.1 Å². The lowest BCUT2D eigenvalue weighted by Gasteiger charge is -2.35. The minimum atomic E-state index is -0.610. The van der Waals surface area contributed by atoms with Crippen molar-refractivity contribution in [3.05, 3.63) is 0 Å². The molecule has 0 bridgehead atoms. The van der Waals surface area contributed by atoms with E-state index >= 15 is 0 Å². The summed E-state index contributed by atoms with van der Waals surface area (Å²) in [6.07, 6.45) is 4.65. The van der Waals surface area contributed by atoms with Gasteiger partial charge in [0.2, 0.25) is 0 Å². The quantitative estimate of drug-likeness (QED) is 0.746. The van der Waals surface area contributed by atoms with Crippen molar-refractivity contribution in [3.63, 3.8) is 0 Å². The number of nitrogens with zero attached hydrogens (tertiary/aromatic N) is 1. The summed E-state index contributed by atoms with van der Waals surface area (Å²) in [6, 6.07) is -0.183. The van der Waals surface area contributed by atoms with Crippen LogP contribution in [0, 0.1) is 11.8 Å². The lowest BCUT2D eigenvalue weighted by atomic mass is 9.97. The highest BCUT2D eigenvalue weighted by atomic mass is 16.4. The maximum Gasteiger partial charge on any atom is 0.321 e. The Kier molecular flexibility index (Phi) is 2.77. The van der Waals surface area contributed by atoms with E-state index < -0.39 is 5.97 Å². The second-order valence-corrected chi connectivity index (χ2v) is 4.86. The molecule has 0 aromatic rings. The summed E-state index contributed by atoms with van der Waals surface area (Å²) in [5.74, 6) is 0.503. The lowest BCUT2D eigenvalue weighted by molar-refractivity contribution is -0.145. The highest BCUT2D eigenvalue weighted by molar-refractivity contribution is 5.74. The molecule has 2 atom stereocenters. The van der Waals surface area contributed by atoms with Crippen LogP contribution in [0.4, 0.5) is 0 Å². The molecule has 14 heavy (non-hydrogen) atoms. The largest absolute Gasteiger partial charge is 0.480 e. The van der Waals surface area contributed by atoms with Gasteiger partial charge in [-0.05, 0) is 44.1 Å². The molecule has 2 rings (SSSR count). The third kappa shape index (κ3) is 2.08. The van der Waals surface area contributed by atoms with Crippen LogP contribution < -0.4 is 0 Å². The van der Waals surface area contributed by atoms with Gasteiger partial charge in [-0.2, -0.15) is 0 Å². The molecule has 3 nitrogen and oxygen atoms in total. The Morgan fingerprint density at radius 3 is 2.64 bits per heavy atom. The molecule has 3 heteroatoms. The maximum atomic E-state index is 11.1. The van der Waals surface area contributed by atoms with E-state index in [-0.39, 0.29) is 6.04 Å². The first-order valence-corrected chi connectivity index (χ1v) is 5.65.